The third-order valence-electron chi connectivity index (χ3n) is 2.39. The van der Waals surface area contributed by atoms with Crippen molar-refractivity contribution in [3.8, 4) is 0 Å². The molecule has 8 nitrogen and oxygen atoms in total. The molecule has 0 unspecified atom stereocenters. The Morgan fingerprint density at radius 1 is 1.58 bits per heavy atom. The van der Waals surface area contributed by atoms with Gasteiger partial charge < -0.3 is 19.4 Å². The first-order valence-electron chi connectivity index (χ1n) is 5.87. The predicted molar refractivity (Wildman–Crippen MR) is 66.0 cm³/mol. The van der Waals surface area contributed by atoms with Crippen LogP contribution in [0.5, 0.6) is 0 Å². The summed E-state index contributed by atoms with van der Waals surface area (Å²) in [5.74, 6) is -0.151. The first-order chi connectivity index (χ1) is 9.20. The van der Waals surface area contributed by atoms with E-state index >= 15 is 0 Å². The van der Waals surface area contributed by atoms with Crippen molar-refractivity contribution in [2.45, 2.75) is 12.1 Å². The van der Waals surface area contributed by atoms with E-state index in [4.69, 9.17) is 9.15 Å². The first-order valence-corrected chi connectivity index (χ1v) is 6.85. The summed E-state index contributed by atoms with van der Waals surface area (Å²) in [6, 6.07) is -0.0571. The molecule has 0 atom stereocenters. The molecular weight excluding hydrogens is 272 g/mol. The fourth-order valence-corrected chi connectivity index (χ4v) is 2.23. The van der Waals surface area contributed by atoms with Gasteiger partial charge in [-0.2, -0.15) is 0 Å². The number of carbonyl (C=O) groups is 2. The van der Waals surface area contributed by atoms with Crippen LogP contribution in [0.1, 0.15) is 17.6 Å². The third-order valence-corrected chi connectivity index (χ3v) is 3.19. The van der Waals surface area contributed by atoms with Gasteiger partial charge in [0.15, 0.2) is 0 Å². The number of urea groups is 1. The molecular formula is C10H14N4O4S. The number of ether oxygens (including phenoxy) is 1. The van der Waals surface area contributed by atoms with Gasteiger partial charge >= 0.3 is 17.9 Å². The first kappa shape index (κ1) is 13.7. The molecule has 0 spiro atoms. The molecule has 0 bridgehead atoms. The third kappa shape index (κ3) is 3.60. The summed E-state index contributed by atoms with van der Waals surface area (Å²) >= 11 is 1.30. The van der Waals surface area contributed by atoms with E-state index in [-0.39, 0.29) is 18.5 Å². The van der Waals surface area contributed by atoms with Crippen molar-refractivity contribution < 1.29 is 18.7 Å². The summed E-state index contributed by atoms with van der Waals surface area (Å²) in [6.07, 6.45) is 0. The lowest BCUT2D eigenvalue weighted by molar-refractivity contribution is 0.0475. The topological polar surface area (TPSA) is 97.6 Å². The van der Waals surface area contributed by atoms with Gasteiger partial charge in [-0.05, 0) is 6.92 Å². The zero-order chi connectivity index (χ0) is 13.7. The van der Waals surface area contributed by atoms with Crippen LogP contribution in [0.2, 0.25) is 0 Å². The summed E-state index contributed by atoms with van der Waals surface area (Å²) in [4.78, 5) is 24.3. The normalized spacial score (nSPS) is 14.6. The highest BCUT2D eigenvalue weighted by Crippen LogP contribution is 2.16. The second-order valence-corrected chi connectivity index (χ2v) is 4.71. The Hall–Kier alpha value is -1.77. The maximum Gasteiger partial charge on any atom is 0.396 e. The Morgan fingerprint density at radius 2 is 2.42 bits per heavy atom. The molecule has 1 N–H and O–H groups in total. The lowest BCUT2D eigenvalue weighted by Gasteiger charge is -2.11. The van der Waals surface area contributed by atoms with Gasteiger partial charge in [-0.15, -0.1) is 5.10 Å². The maximum absolute atomic E-state index is 11.3. The number of hydrogen-bond acceptors (Lipinski definition) is 7. The van der Waals surface area contributed by atoms with Crippen molar-refractivity contribution in [1.82, 2.24) is 20.4 Å². The number of thioether (sulfide) groups is 1. The highest BCUT2D eigenvalue weighted by atomic mass is 32.2. The summed E-state index contributed by atoms with van der Waals surface area (Å²) < 4.78 is 9.87. The summed E-state index contributed by atoms with van der Waals surface area (Å²) in [5.41, 5.74) is 0. The van der Waals surface area contributed by atoms with E-state index < -0.39 is 5.97 Å². The second-order valence-electron chi connectivity index (χ2n) is 3.66. The molecule has 19 heavy (non-hydrogen) atoms. The van der Waals surface area contributed by atoms with E-state index in [9.17, 15) is 9.59 Å². The molecule has 1 aliphatic heterocycles. The van der Waals surface area contributed by atoms with E-state index in [2.05, 4.69) is 15.5 Å². The van der Waals surface area contributed by atoms with Crippen LogP contribution in [-0.2, 0) is 4.74 Å². The van der Waals surface area contributed by atoms with Crippen molar-refractivity contribution in [2.75, 3.05) is 32.0 Å². The van der Waals surface area contributed by atoms with Crippen LogP contribution in [-0.4, -0.2) is 59.1 Å². The quantitative estimate of drug-likeness (QED) is 0.595. The molecule has 1 saturated heterocycles. The molecule has 9 heteroatoms. The van der Waals surface area contributed by atoms with E-state index in [0.717, 1.165) is 0 Å². The molecule has 0 aliphatic carbocycles. The highest BCUT2D eigenvalue weighted by molar-refractivity contribution is 7.99. The van der Waals surface area contributed by atoms with Crippen LogP contribution in [0.4, 0.5) is 4.79 Å². The molecule has 0 radical (unpaired) electrons. The molecule has 1 aliphatic rings. The lowest BCUT2D eigenvalue weighted by Crippen LogP contribution is -2.30. The minimum Gasteiger partial charge on any atom is -0.459 e. The molecule has 0 saturated carbocycles. The second kappa shape index (κ2) is 6.41. The molecule has 2 rings (SSSR count). The molecule has 104 valence electrons. The number of nitrogens with zero attached hydrogens (tertiary/aromatic N) is 3. The van der Waals surface area contributed by atoms with Crippen LogP contribution < -0.4 is 5.32 Å². The average Bonchev–Trinajstić information content (AvgIpc) is 3.00. The zero-order valence-corrected chi connectivity index (χ0v) is 11.2. The largest absolute Gasteiger partial charge is 0.459 e. The Labute approximate surface area is 113 Å². The Kier molecular flexibility index (Phi) is 4.61. The fourth-order valence-electron chi connectivity index (χ4n) is 1.51. The zero-order valence-electron chi connectivity index (χ0n) is 10.4. The number of nitrogens with one attached hydrogen (secondary N) is 1. The van der Waals surface area contributed by atoms with Crippen LogP contribution >= 0.6 is 11.8 Å². The summed E-state index contributed by atoms with van der Waals surface area (Å²) in [7, 11) is 0. The van der Waals surface area contributed by atoms with Crippen LogP contribution in [0.25, 0.3) is 0 Å². The van der Waals surface area contributed by atoms with Gasteiger partial charge in [0.1, 0.15) is 0 Å². The van der Waals surface area contributed by atoms with Gasteiger partial charge in [0.05, 0.1) is 6.61 Å². The number of aromatic nitrogens is 2. The molecule has 2 amide bonds. The van der Waals surface area contributed by atoms with Crippen molar-refractivity contribution >= 4 is 23.8 Å². The standard InChI is InChI=1S/C10H14N4O4S/c1-2-17-8(15)7-12-13-10(18-7)19-6-5-14-4-3-11-9(14)16/h2-6H2,1H3,(H,11,16). The van der Waals surface area contributed by atoms with Crippen molar-refractivity contribution in [3.05, 3.63) is 5.89 Å². The van der Waals surface area contributed by atoms with E-state index in [1.54, 1.807) is 11.8 Å². The Morgan fingerprint density at radius 3 is 3.11 bits per heavy atom. The smallest absolute Gasteiger partial charge is 0.396 e. The van der Waals surface area contributed by atoms with Crippen molar-refractivity contribution in [1.29, 1.82) is 0 Å². The Bertz CT molecular complexity index is 464. The van der Waals surface area contributed by atoms with E-state index in [0.29, 0.717) is 30.6 Å². The fraction of sp³-hybridized carbons (Fsp3) is 0.600. The summed E-state index contributed by atoms with van der Waals surface area (Å²) in [5, 5.41) is 10.3. The van der Waals surface area contributed by atoms with Gasteiger partial charge in [0, 0.05) is 25.4 Å². The van der Waals surface area contributed by atoms with Gasteiger partial charge in [0.25, 0.3) is 5.22 Å². The van der Waals surface area contributed by atoms with Crippen LogP contribution in [0.15, 0.2) is 9.64 Å². The lowest BCUT2D eigenvalue weighted by atomic mass is 10.6. The molecule has 0 aromatic carbocycles. The number of rotatable bonds is 6. The predicted octanol–water partition coefficient (Wildman–Crippen LogP) is 0.364. The monoisotopic (exact) mass is 286 g/mol. The highest BCUT2D eigenvalue weighted by Gasteiger charge is 2.20. The average molecular weight is 286 g/mol. The summed E-state index contributed by atoms with van der Waals surface area (Å²) in [6.45, 7) is 3.93. The number of esters is 1. The number of carbonyl (C=O) groups excluding carboxylic acids is 2. The molecule has 2 heterocycles. The minimum atomic E-state index is -0.624. The number of hydrogen-bond donors (Lipinski definition) is 1. The molecule has 1 aromatic heterocycles. The van der Waals surface area contributed by atoms with Gasteiger partial charge in [0.2, 0.25) is 0 Å². The van der Waals surface area contributed by atoms with E-state index in [1.165, 1.54) is 11.8 Å². The number of amides is 2. The van der Waals surface area contributed by atoms with Crippen molar-refractivity contribution in [2.24, 2.45) is 0 Å². The van der Waals surface area contributed by atoms with Gasteiger partial charge in [-0.3, -0.25) is 0 Å². The molecule has 1 aromatic rings. The van der Waals surface area contributed by atoms with E-state index in [1.807, 2.05) is 0 Å². The Balaban J connectivity index is 1.77. The van der Waals surface area contributed by atoms with Gasteiger partial charge in [-0.1, -0.05) is 16.9 Å². The molecule has 1 fully saturated rings. The van der Waals surface area contributed by atoms with Crippen LogP contribution in [0.3, 0.4) is 0 Å². The van der Waals surface area contributed by atoms with Crippen LogP contribution in [0, 0.1) is 0 Å². The minimum absolute atomic E-state index is 0.0571. The maximum atomic E-state index is 11.3. The van der Waals surface area contributed by atoms with Crippen molar-refractivity contribution in [3.63, 3.8) is 0 Å². The van der Waals surface area contributed by atoms with Gasteiger partial charge in [-0.25, -0.2) is 9.59 Å². The SMILES string of the molecule is CCOC(=O)c1nnc(SCCN2CCNC2=O)o1.